The van der Waals surface area contributed by atoms with E-state index in [9.17, 15) is 22.0 Å². The molecule has 1 aliphatic heterocycles. The number of sulfonamides is 1. The summed E-state index contributed by atoms with van der Waals surface area (Å²) >= 11 is 0. The van der Waals surface area contributed by atoms with Crippen molar-refractivity contribution in [3.8, 4) is 0 Å². The number of hydrogen-bond donors (Lipinski definition) is 1. The summed E-state index contributed by atoms with van der Waals surface area (Å²) in [4.78, 5) is 12.3. The van der Waals surface area contributed by atoms with E-state index in [0.717, 1.165) is 12.1 Å². The summed E-state index contributed by atoms with van der Waals surface area (Å²) in [5.41, 5.74) is 0.234. The highest BCUT2D eigenvalue weighted by Gasteiger charge is 2.35. The van der Waals surface area contributed by atoms with Crippen LogP contribution in [-0.4, -0.2) is 36.9 Å². The van der Waals surface area contributed by atoms with Crippen LogP contribution in [-0.2, 0) is 21.4 Å². The van der Waals surface area contributed by atoms with Gasteiger partial charge in [0.1, 0.15) is 23.1 Å². The molecule has 180 valence electrons. The Morgan fingerprint density at radius 3 is 2.68 bits per heavy atom. The molecule has 1 N–H and O–H groups in total. The fourth-order valence-corrected chi connectivity index (χ4v) is 5.54. The van der Waals surface area contributed by atoms with Gasteiger partial charge in [-0.05, 0) is 56.2 Å². The summed E-state index contributed by atoms with van der Waals surface area (Å²) in [5, 5.41) is 6.57. The highest BCUT2D eigenvalue weighted by molar-refractivity contribution is 7.89. The van der Waals surface area contributed by atoms with Crippen LogP contribution < -0.4 is 5.32 Å². The fraction of sp³-hybridized carbons (Fsp3) is 0.304. The molecule has 0 radical (unpaired) electrons. The van der Waals surface area contributed by atoms with Crippen molar-refractivity contribution >= 4 is 28.1 Å². The number of nitrogens with one attached hydrogen (secondary N) is 1. The lowest BCUT2D eigenvalue weighted by Crippen LogP contribution is -2.43. The van der Waals surface area contributed by atoms with Gasteiger partial charge in [-0.2, -0.15) is 4.31 Å². The van der Waals surface area contributed by atoms with Crippen LogP contribution in [0.3, 0.4) is 0 Å². The van der Waals surface area contributed by atoms with Gasteiger partial charge in [-0.15, -0.1) is 0 Å². The molecule has 3 aromatic rings. The maximum atomic E-state index is 13.9. The van der Waals surface area contributed by atoms with Crippen molar-refractivity contribution in [1.29, 1.82) is 0 Å². The van der Waals surface area contributed by atoms with Crippen LogP contribution in [0.2, 0.25) is 0 Å². The lowest BCUT2D eigenvalue weighted by molar-refractivity contribution is -0.126. The number of aromatic nitrogens is 1. The average molecular weight is 492 g/mol. The van der Waals surface area contributed by atoms with Gasteiger partial charge in [0.25, 0.3) is 0 Å². The molecule has 1 aliphatic rings. The third kappa shape index (κ3) is 5.10. The Bertz CT molecular complexity index is 1290. The molecule has 1 aromatic carbocycles. The van der Waals surface area contributed by atoms with Crippen LogP contribution >= 0.6 is 0 Å². The smallest absolute Gasteiger partial charge is 0.248 e. The van der Waals surface area contributed by atoms with Crippen molar-refractivity contribution in [3.63, 3.8) is 0 Å². The number of carbonyl (C=O) groups is 1. The van der Waals surface area contributed by atoms with Crippen LogP contribution in [0.1, 0.15) is 35.6 Å². The number of furan rings is 1. The Morgan fingerprint density at radius 1 is 1.24 bits per heavy atom. The van der Waals surface area contributed by atoms with Gasteiger partial charge < -0.3 is 14.3 Å². The number of benzene rings is 1. The second-order valence-electron chi connectivity index (χ2n) is 7.94. The lowest BCUT2D eigenvalue weighted by Gasteiger charge is -2.30. The molecule has 0 unspecified atom stereocenters. The van der Waals surface area contributed by atoms with Crippen molar-refractivity contribution in [1.82, 2.24) is 14.8 Å². The monoisotopic (exact) mass is 491 g/mol. The van der Waals surface area contributed by atoms with Gasteiger partial charge in [0.15, 0.2) is 10.7 Å². The maximum Gasteiger partial charge on any atom is 0.248 e. The third-order valence-electron chi connectivity index (χ3n) is 5.65. The van der Waals surface area contributed by atoms with E-state index in [1.165, 1.54) is 35.7 Å². The first-order chi connectivity index (χ1) is 16.3. The Balaban J connectivity index is 1.44. The minimum atomic E-state index is -3.97. The van der Waals surface area contributed by atoms with Crippen molar-refractivity contribution in [3.05, 3.63) is 71.0 Å². The zero-order valence-corrected chi connectivity index (χ0v) is 19.1. The molecule has 3 heterocycles. The Morgan fingerprint density at radius 2 is 2.00 bits per heavy atom. The fourth-order valence-electron chi connectivity index (χ4n) is 3.82. The van der Waals surface area contributed by atoms with E-state index >= 15 is 0 Å². The number of aryl methyl sites for hydroxylation is 1. The number of hydrogen-bond acceptors (Lipinski definition) is 6. The number of nitrogens with zero attached hydrogens (tertiary/aromatic N) is 2. The highest BCUT2D eigenvalue weighted by Crippen LogP contribution is 2.29. The first kappa shape index (κ1) is 23.8. The number of piperidine rings is 1. The van der Waals surface area contributed by atoms with Crippen LogP contribution in [0.5, 0.6) is 0 Å². The summed E-state index contributed by atoms with van der Waals surface area (Å²) in [6, 6.07) is 6.56. The largest absolute Gasteiger partial charge is 0.467 e. The van der Waals surface area contributed by atoms with E-state index in [-0.39, 0.29) is 53.4 Å². The minimum absolute atomic E-state index is 0.0560. The predicted molar refractivity (Wildman–Crippen MR) is 119 cm³/mol. The van der Waals surface area contributed by atoms with Gasteiger partial charge in [-0.1, -0.05) is 5.16 Å². The molecule has 0 saturated carbocycles. The van der Waals surface area contributed by atoms with Gasteiger partial charge >= 0.3 is 0 Å². The Hall–Kier alpha value is -3.31. The number of rotatable bonds is 7. The first-order valence-electron chi connectivity index (χ1n) is 10.7. The van der Waals surface area contributed by atoms with Crippen molar-refractivity contribution in [2.24, 2.45) is 5.92 Å². The zero-order valence-electron chi connectivity index (χ0n) is 18.3. The second kappa shape index (κ2) is 9.90. The molecule has 0 spiro atoms. The summed E-state index contributed by atoms with van der Waals surface area (Å²) in [6.45, 7) is 2.08. The zero-order chi connectivity index (χ0) is 24.3. The molecule has 4 rings (SSSR count). The Kier molecular flexibility index (Phi) is 6.94. The van der Waals surface area contributed by atoms with Crippen LogP contribution in [0.15, 0.2) is 50.4 Å². The van der Waals surface area contributed by atoms with E-state index in [1.807, 2.05) is 0 Å². The molecule has 1 fully saturated rings. The molecule has 11 heteroatoms. The van der Waals surface area contributed by atoms with Crippen molar-refractivity contribution in [2.75, 3.05) is 13.1 Å². The van der Waals surface area contributed by atoms with Gasteiger partial charge in [-0.3, -0.25) is 4.79 Å². The molecule has 0 aliphatic carbocycles. The topological polar surface area (TPSA) is 106 Å². The molecule has 0 bridgehead atoms. The number of halogens is 2. The minimum Gasteiger partial charge on any atom is -0.467 e. The maximum absolute atomic E-state index is 13.9. The molecule has 8 nitrogen and oxygen atoms in total. The van der Waals surface area contributed by atoms with Crippen LogP contribution in [0, 0.1) is 24.5 Å². The lowest BCUT2D eigenvalue weighted by atomic mass is 9.97. The third-order valence-corrected chi connectivity index (χ3v) is 7.71. The standard InChI is InChI=1S/C23H23F2N3O5S/c1-15-22(21(33-27-15)7-5-16-4-6-18(24)13-20(16)25)34(30,31)28-10-8-17(9-11-28)23(29)26-14-19-3-2-12-32-19/h2-7,12-13,17H,8-11,14H2,1H3,(H,26,29). The molecule has 2 aromatic heterocycles. The van der Waals surface area contributed by atoms with Gasteiger partial charge in [0.05, 0.1) is 12.8 Å². The van der Waals surface area contributed by atoms with Gasteiger partial charge in [0, 0.05) is 30.6 Å². The van der Waals surface area contributed by atoms with Gasteiger partial charge in [-0.25, -0.2) is 17.2 Å². The average Bonchev–Trinajstić information content (AvgIpc) is 3.47. The normalized spacial score (nSPS) is 15.7. The van der Waals surface area contributed by atoms with Gasteiger partial charge in [0.2, 0.25) is 15.9 Å². The molecule has 0 atom stereocenters. The Labute approximate surface area is 195 Å². The highest BCUT2D eigenvalue weighted by atomic mass is 32.2. The summed E-state index contributed by atoms with van der Waals surface area (Å²) in [5.74, 6) is -1.39. The molecule has 1 saturated heterocycles. The van der Waals surface area contributed by atoms with E-state index in [0.29, 0.717) is 18.6 Å². The summed E-state index contributed by atoms with van der Waals surface area (Å²) in [6.07, 6.45) is 4.83. The molecule has 1 amide bonds. The molecular weight excluding hydrogens is 468 g/mol. The predicted octanol–water partition coefficient (Wildman–Crippen LogP) is 3.74. The number of amides is 1. The van der Waals surface area contributed by atoms with Crippen LogP contribution in [0.25, 0.3) is 12.2 Å². The summed E-state index contributed by atoms with van der Waals surface area (Å²) < 4.78 is 65.3. The van der Waals surface area contributed by atoms with E-state index in [1.54, 1.807) is 12.1 Å². The van der Waals surface area contributed by atoms with E-state index in [2.05, 4.69) is 10.5 Å². The van der Waals surface area contributed by atoms with E-state index in [4.69, 9.17) is 8.94 Å². The molecular formula is C23H23F2N3O5S. The number of carbonyl (C=O) groups excluding carboxylic acids is 1. The SMILES string of the molecule is Cc1noc(C=Cc2ccc(F)cc2F)c1S(=O)(=O)N1CCC(C(=O)NCc2ccco2)CC1. The van der Waals surface area contributed by atoms with E-state index < -0.39 is 21.7 Å². The molecule has 34 heavy (non-hydrogen) atoms. The summed E-state index contributed by atoms with van der Waals surface area (Å²) in [7, 11) is -3.97. The first-order valence-corrected chi connectivity index (χ1v) is 12.1. The van der Waals surface area contributed by atoms with Crippen molar-refractivity contribution in [2.45, 2.75) is 31.2 Å². The quantitative estimate of drug-likeness (QED) is 0.540. The van der Waals surface area contributed by atoms with Crippen LogP contribution in [0.4, 0.5) is 8.78 Å². The second-order valence-corrected chi connectivity index (χ2v) is 9.81. The van der Waals surface area contributed by atoms with Crippen molar-refractivity contribution < 1.29 is 30.9 Å².